The highest BCUT2D eigenvalue weighted by molar-refractivity contribution is 7.99. The molecule has 0 fully saturated rings. The summed E-state index contributed by atoms with van der Waals surface area (Å²) >= 11 is 1.24. The molecule has 8 nitrogen and oxygen atoms in total. The van der Waals surface area contributed by atoms with Crippen LogP contribution < -0.4 is 15.2 Å². The number of nitro benzene ring substituents is 1. The van der Waals surface area contributed by atoms with E-state index >= 15 is 0 Å². The average molecular weight is 314 g/mol. The SMILES string of the molecule is CC(SC[C@H](N)C(=O)O)c1cc2c(cc1[N+](=O)[O-])OCO2. The molecule has 1 heterocycles. The summed E-state index contributed by atoms with van der Waals surface area (Å²) in [5.74, 6) is -0.160. The summed E-state index contributed by atoms with van der Waals surface area (Å²) < 4.78 is 10.3. The standard InChI is InChI=1S/C12H14N2O6S/c1-6(21-4-8(13)12(15)16)7-2-10-11(20-5-19-10)3-9(7)14(17)18/h2-3,6,8H,4-5,13H2,1H3,(H,15,16)/t6?,8-/m0/s1. The first-order valence-electron chi connectivity index (χ1n) is 6.08. The van der Waals surface area contributed by atoms with Gasteiger partial charge in [-0.2, -0.15) is 11.8 Å². The van der Waals surface area contributed by atoms with Crippen LogP contribution in [0.1, 0.15) is 17.7 Å². The molecule has 0 aliphatic carbocycles. The lowest BCUT2D eigenvalue weighted by Gasteiger charge is -2.14. The zero-order valence-corrected chi connectivity index (χ0v) is 12.0. The molecule has 1 unspecified atom stereocenters. The largest absolute Gasteiger partial charge is 0.480 e. The Kier molecular flexibility index (Phi) is 4.53. The molecule has 9 heteroatoms. The lowest BCUT2D eigenvalue weighted by atomic mass is 10.1. The number of thioether (sulfide) groups is 1. The first-order chi connectivity index (χ1) is 9.90. The lowest BCUT2D eigenvalue weighted by Crippen LogP contribution is -2.32. The molecule has 0 aromatic heterocycles. The highest BCUT2D eigenvalue weighted by atomic mass is 32.2. The van der Waals surface area contributed by atoms with E-state index in [1.807, 2.05) is 0 Å². The number of carboxylic acid groups (broad SMARTS) is 1. The number of nitrogens with two attached hydrogens (primary N) is 1. The van der Waals surface area contributed by atoms with Gasteiger partial charge < -0.3 is 20.3 Å². The quantitative estimate of drug-likeness (QED) is 0.598. The van der Waals surface area contributed by atoms with Crippen LogP contribution in [-0.2, 0) is 4.79 Å². The van der Waals surface area contributed by atoms with Crippen LogP contribution in [0.4, 0.5) is 5.69 Å². The van der Waals surface area contributed by atoms with Gasteiger partial charge in [-0.1, -0.05) is 0 Å². The van der Waals surface area contributed by atoms with Crippen molar-refractivity contribution in [2.24, 2.45) is 5.73 Å². The Labute approximate surface area is 124 Å². The zero-order chi connectivity index (χ0) is 15.6. The van der Waals surface area contributed by atoms with E-state index in [4.69, 9.17) is 20.3 Å². The van der Waals surface area contributed by atoms with Gasteiger partial charge in [-0.05, 0) is 13.0 Å². The topological polar surface area (TPSA) is 125 Å². The minimum absolute atomic E-state index is 0.0291. The van der Waals surface area contributed by atoms with Crippen LogP contribution in [0, 0.1) is 10.1 Å². The third-order valence-electron chi connectivity index (χ3n) is 3.00. The second-order valence-corrected chi connectivity index (χ2v) is 5.82. The number of carbonyl (C=O) groups is 1. The average Bonchev–Trinajstić information content (AvgIpc) is 2.89. The molecule has 0 saturated carbocycles. The number of hydrogen-bond acceptors (Lipinski definition) is 7. The highest BCUT2D eigenvalue weighted by Crippen LogP contribution is 2.43. The number of hydrogen-bond donors (Lipinski definition) is 2. The molecule has 0 saturated heterocycles. The maximum Gasteiger partial charge on any atom is 0.321 e. The molecule has 0 radical (unpaired) electrons. The maximum absolute atomic E-state index is 11.2. The molecular formula is C12H14N2O6S. The number of fused-ring (bicyclic) bond motifs is 1. The number of benzene rings is 1. The summed E-state index contributed by atoms with van der Waals surface area (Å²) in [6.45, 7) is 1.78. The van der Waals surface area contributed by atoms with Gasteiger partial charge in [-0.25, -0.2) is 0 Å². The van der Waals surface area contributed by atoms with E-state index in [-0.39, 0.29) is 23.5 Å². The smallest absolute Gasteiger partial charge is 0.321 e. The molecule has 1 aliphatic rings. The maximum atomic E-state index is 11.2. The van der Waals surface area contributed by atoms with E-state index in [1.54, 1.807) is 13.0 Å². The van der Waals surface area contributed by atoms with Gasteiger partial charge in [0.1, 0.15) is 6.04 Å². The van der Waals surface area contributed by atoms with Crippen molar-refractivity contribution in [1.29, 1.82) is 0 Å². The van der Waals surface area contributed by atoms with Gasteiger partial charge in [0.15, 0.2) is 11.5 Å². The number of carboxylic acids is 1. The summed E-state index contributed by atoms with van der Waals surface area (Å²) in [7, 11) is 0. The predicted octanol–water partition coefficient (Wildman–Crippen LogP) is 1.53. The molecule has 21 heavy (non-hydrogen) atoms. The fourth-order valence-corrected chi connectivity index (χ4v) is 2.85. The van der Waals surface area contributed by atoms with Crippen LogP contribution in [0.25, 0.3) is 0 Å². The van der Waals surface area contributed by atoms with Gasteiger partial charge in [0.05, 0.1) is 11.0 Å². The van der Waals surface area contributed by atoms with Crippen molar-refractivity contribution >= 4 is 23.4 Å². The fraction of sp³-hybridized carbons (Fsp3) is 0.417. The van der Waals surface area contributed by atoms with E-state index < -0.39 is 16.9 Å². The van der Waals surface area contributed by atoms with Gasteiger partial charge in [-0.15, -0.1) is 0 Å². The lowest BCUT2D eigenvalue weighted by molar-refractivity contribution is -0.385. The van der Waals surface area contributed by atoms with E-state index in [0.717, 1.165) is 0 Å². The highest BCUT2D eigenvalue weighted by Gasteiger charge is 2.27. The number of rotatable bonds is 6. The third-order valence-corrected chi connectivity index (χ3v) is 4.31. The molecule has 1 aliphatic heterocycles. The molecular weight excluding hydrogens is 300 g/mol. The van der Waals surface area contributed by atoms with Crippen LogP contribution in [-0.4, -0.2) is 34.6 Å². The molecule has 2 rings (SSSR count). The van der Waals surface area contributed by atoms with Gasteiger partial charge >= 0.3 is 5.97 Å². The van der Waals surface area contributed by atoms with Crippen molar-refractivity contribution in [2.45, 2.75) is 18.2 Å². The first kappa shape index (κ1) is 15.4. The predicted molar refractivity (Wildman–Crippen MR) is 75.7 cm³/mol. The van der Waals surface area contributed by atoms with E-state index in [0.29, 0.717) is 17.1 Å². The molecule has 3 N–H and O–H groups in total. The molecule has 114 valence electrons. The Morgan fingerprint density at radius 3 is 2.71 bits per heavy atom. The molecule has 2 atom stereocenters. The Balaban J connectivity index is 2.21. The normalized spacial score (nSPS) is 15.5. The number of aliphatic carboxylic acids is 1. The molecule has 1 aromatic carbocycles. The monoisotopic (exact) mass is 314 g/mol. The first-order valence-corrected chi connectivity index (χ1v) is 7.13. The fourth-order valence-electron chi connectivity index (χ4n) is 1.84. The number of ether oxygens (including phenoxy) is 2. The van der Waals surface area contributed by atoms with Crippen molar-refractivity contribution in [1.82, 2.24) is 0 Å². The van der Waals surface area contributed by atoms with Crippen molar-refractivity contribution in [3.8, 4) is 11.5 Å². The van der Waals surface area contributed by atoms with Crippen molar-refractivity contribution in [3.63, 3.8) is 0 Å². The Morgan fingerprint density at radius 2 is 2.14 bits per heavy atom. The van der Waals surface area contributed by atoms with Crippen molar-refractivity contribution < 1.29 is 24.3 Å². The summed E-state index contributed by atoms with van der Waals surface area (Å²) in [5.41, 5.74) is 5.80. The van der Waals surface area contributed by atoms with Crippen LogP contribution in [0.2, 0.25) is 0 Å². The van der Waals surface area contributed by atoms with Crippen molar-refractivity contribution in [3.05, 3.63) is 27.8 Å². The van der Waals surface area contributed by atoms with Crippen LogP contribution in [0.15, 0.2) is 12.1 Å². The Hall–Kier alpha value is -2.00. The minimum Gasteiger partial charge on any atom is -0.480 e. The Morgan fingerprint density at radius 1 is 1.52 bits per heavy atom. The van der Waals surface area contributed by atoms with Crippen molar-refractivity contribution in [2.75, 3.05) is 12.5 Å². The Bertz CT molecular complexity index is 579. The van der Waals surface area contributed by atoms with Gasteiger partial charge in [0.25, 0.3) is 5.69 Å². The molecule has 0 spiro atoms. The summed E-state index contributed by atoms with van der Waals surface area (Å²) in [6.07, 6.45) is 0. The molecule has 1 aromatic rings. The number of nitrogens with zero attached hydrogens (tertiary/aromatic N) is 1. The van der Waals surface area contributed by atoms with E-state index in [2.05, 4.69) is 0 Å². The van der Waals surface area contributed by atoms with E-state index in [9.17, 15) is 14.9 Å². The summed E-state index contributed by atoms with van der Waals surface area (Å²) in [6, 6.07) is 1.88. The molecule has 0 bridgehead atoms. The van der Waals surface area contributed by atoms with Crippen LogP contribution in [0.5, 0.6) is 11.5 Å². The second-order valence-electron chi connectivity index (χ2n) is 4.44. The van der Waals surface area contributed by atoms with Gasteiger partial charge in [0, 0.05) is 16.6 Å². The van der Waals surface area contributed by atoms with E-state index in [1.165, 1.54) is 17.8 Å². The third kappa shape index (κ3) is 3.37. The van der Waals surface area contributed by atoms with Gasteiger partial charge in [-0.3, -0.25) is 14.9 Å². The van der Waals surface area contributed by atoms with Gasteiger partial charge in [0.2, 0.25) is 6.79 Å². The number of nitro groups is 1. The zero-order valence-electron chi connectivity index (χ0n) is 11.1. The minimum atomic E-state index is -1.10. The summed E-state index contributed by atoms with van der Waals surface area (Å²) in [4.78, 5) is 21.4. The second kappa shape index (κ2) is 6.19. The molecule has 0 amide bonds. The van der Waals surface area contributed by atoms with Crippen LogP contribution in [0.3, 0.4) is 0 Å². The summed E-state index contributed by atoms with van der Waals surface area (Å²) in [5, 5.41) is 19.6. The van der Waals surface area contributed by atoms with Crippen LogP contribution >= 0.6 is 11.8 Å².